The first-order chi connectivity index (χ1) is 5.79. The molecule has 0 saturated heterocycles. The third-order valence-corrected chi connectivity index (χ3v) is 2.99. The third-order valence-electron chi connectivity index (χ3n) is 2.99. The summed E-state index contributed by atoms with van der Waals surface area (Å²) in [5, 5.41) is 8.13. The molecule has 2 heteroatoms. The van der Waals surface area contributed by atoms with E-state index in [4.69, 9.17) is 0 Å². The van der Waals surface area contributed by atoms with Gasteiger partial charge >= 0.3 is 0 Å². The van der Waals surface area contributed by atoms with Crippen molar-refractivity contribution >= 4 is 0 Å². The second-order valence-corrected chi connectivity index (χ2v) is 3.75. The maximum absolute atomic E-state index is 4.20. The summed E-state index contributed by atoms with van der Waals surface area (Å²) in [6.45, 7) is 4.54. The fourth-order valence-electron chi connectivity index (χ4n) is 1.87. The Morgan fingerprint density at radius 1 is 1.42 bits per heavy atom. The van der Waals surface area contributed by atoms with Crippen LogP contribution in [0.15, 0.2) is 12.3 Å². The summed E-state index contributed by atoms with van der Waals surface area (Å²) in [4.78, 5) is 0. The molecule has 1 heterocycles. The molecular formula is C10H14N2. The lowest BCUT2D eigenvalue weighted by Gasteiger charge is -2.26. The van der Waals surface area contributed by atoms with E-state index in [1.807, 2.05) is 0 Å². The van der Waals surface area contributed by atoms with E-state index in [0.717, 1.165) is 5.92 Å². The Hall–Kier alpha value is -0.920. The van der Waals surface area contributed by atoms with Gasteiger partial charge in [0.15, 0.2) is 0 Å². The van der Waals surface area contributed by atoms with Gasteiger partial charge in [0.05, 0.1) is 5.69 Å². The van der Waals surface area contributed by atoms with E-state index in [-0.39, 0.29) is 0 Å². The first kappa shape index (κ1) is 7.71. The van der Waals surface area contributed by atoms with Crippen molar-refractivity contribution in [1.82, 2.24) is 10.2 Å². The average molecular weight is 162 g/mol. The zero-order valence-electron chi connectivity index (χ0n) is 7.62. The van der Waals surface area contributed by atoms with Crippen LogP contribution in [0.1, 0.15) is 37.4 Å². The number of aryl methyl sites for hydroxylation is 1. The minimum Gasteiger partial charge on any atom is -0.159 e. The zero-order valence-corrected chi connectivity index (χ0v) is 7.62. The van der Waals surface area contributed by atoms with Gasteiger partial charge < -0.3 is 0 Å². The molecule has 0 N–H and O–H groups in total. The summed E-state index contributed by atoms with van der Waals surface area (Å²) < 4.78 is 0. The Morgan fingerprint density at radius 2 is 2.25 bits per heavy atom. The molecule has 12 heavy (non-hydrogen) atoms. The number of rotatable bonds is 0. The van der Waals surface area contributed by atoms with E-state index in [1.165, 1.54) is 24.1 Å². The minimum atomic E-state index is 0.586. The number of nitrogens with zero attached hydrogens (tertiary/aromatic N) is 2. The van der Waals surface area contributed by atoms with E-state index in [1.54, 1.807) is 6.20 Å². The lowest BCUT2D eigenvalue weighted by molar-refractivity contribution is 0.413. The summed E-state index contributed by atoms with van der Waals surface area (Å²) in [6, 6.07) is 2.10. The summed E-state index contributed by atoms with van der Waals surface area (Å²) in [5.41, 5.74) is 2.62. The molecule has 1 aromatic heterocycles. The second kappa shape index (κ2) is 2.85. The molecule has 0 radical (unpaired) electrons. The average Bonchev–Trinajstić information content (AvgIpc) is 2.12. The molecule has 0 fully saturated rings. The van der Waals surface area contributed by atoms with Gasteiger partial charge in [-0.25, -0.2) is 0 Å². The maximum atomic E-state index is 4.20. The van der Waals surface area contributed by atoms with Crippen LogP contribution < -0.4 is 0 Å². The molecule has 0 aliphatic heterocycles. The molecule has 2 atom stereocenters. The van der Waals surface area contributed by atoms with Crippen LogP contribution in [0.25, 0.3) is 0 Å². The fourth-order valence-corrected chi connectivity index (χ4v) is 1.87. The molecule has 2 unspecified atom stereocenters. The molecule has 1 aliphatic rings. The lowest BCUT2D eigenvalue weighted by Crippen LogP contribution is -2.17. The molecule has 0 aromatic carbocycles. The normalized spacial score (nSPS) is 28.2. The van der Waals surface area contributed by atoms with E-state index in [0.29, 0.717) is 5.92 Å². The first-order valence-electron chi connectivity index (χ1n) is 4.59. The van der Waals surface area contributed by atoms with Gasteiger partial charge in [-0.15, -0.1) is 0 Å². The third kappa shape index (κ3) is 1.11. The van der Waals surface area contributed by atoms with Crippen molar-refractivity contribution in [3.8, 4) is 0 Å². The SMILES string of the molecule is CC1CCc2ccnnc2C1C. The highest BCUT2D eigenvalue weighted by atomic mass is 15.1. The van der Waals surface area contributed by atoms with Gasteiger partial charge in [-0.3, -0.25) is 0 Å². The predicted molar refractivity (Wildman–Crippen MR) is 47.9 cm³/mol. The minimum absolute atomic E-state index is 0.586. The van der Waals surface area contributed by atoms with Gasteiger partial charge in [0.25, 0.3) is 0 Å². The fraction of sp³-hybridized carbons (Fsp3) is 0.600. The lowest BCUT2D eigenvalue weighted by atomic mass is 9.80. The molecule has 1 aliphatic carbocycles. The highest BCUT2D eigenvalue weighted by molar-refractivity contribution is 5.24. The van der Waals surface area contributed by atoms with Crippen molar-refractivity contribution in [3.05, 3.63) is 23.5 Å². The van der Waals surface area contributed by atoms with Crippen LogP contribution >= 0.6 is 0 Å². The van der Waals surface area contributed by atoms with Crippen LogP contribution in [-0.2, 0) is 6.42 Å². The Labute approximate surface area is 73.0 Å². The van der Waals surface area contributed by atoms with Crippen LogP contribution in [0.3, 0.4) is 0 Å². The van der Waals surface area contributed by atoms with Gasteiger partial charge in [-0.05, 0) is 30.4 Å². The molecule has 2 rings (SSSR count). The maximum Gasteiger partial charge on any atom is 0.0693 e. The van der Waals surface area contributed by atoms with E-state index in [9.17, 15) is 0 Å². The van der Waals surface area contributed by atoms with Gasteiger partial charge in [-0.1, -0.05) is 13.8 Å². The second-order valence-electron chi connectivity index (χ2n) is 3.75. The van der Waals surface area contributed by atoms with Gasteiger partial charge in [0.2, 0.25) is 0 Å². The quantitative estimate of drug-likeness (QED) is 0.584. The molecule has 0 spiro atoms. The standard InChI is InChI=1S/C10H14N2/c1-7-3-4-9-5-6-11-12-10(9)8(7)2/h5-8H,3-4H2,1-2H3. The number of hydrogen-bond acceptors (Lipinski definition) is 2. The molecule has 2 nitrogen and oxygen atoms in total. The van der Waals surface area contributed by atoms with Crippen molar-refractivity contribution in [1.29, 1.82) is 0 Å². The van der Waals surface area contributed by atoms with Crippen LogP contribution in [0.4, 0.5) is 0 Å². The summed E-state index contributed by atoms with van der Waals surface area (Å²) in [6.07, 6.45) is 4.26. The van der Waals surface area contributed by atoms with E-state index in [2.05, 4.69) is 30.1 Å². The highest BCUT2D eigenvalue weighted by Crippen LogP contribution is 2.33. The first-order valence-corrected chi connectivity index (χ1v) is 4.59. The van der Waals surface area contributed by atoms with Gasteiger partial charge in [0.1, 0.15) is 0 Å². The highest BCUT2D eigenvalue weighted by Gasteiger charge is 2.23. The summed E-state index contributed by atoms with van der Waals surface area (Å²) in [7, 11) is 0. The van der Waals surface area contributed by atoms with Crippen molar-refractivity contribution in [3.63, 3.8) is 0 Å². The Balaban J connectivity index is 2.42. The molecule has 64 valence electrons. The molecule has 1 aromatic rings. The predicted octanol–water partition coefficient (Wildman–Crippen LogP) is 2.16. The van der Waals surface area contributed by atoms with Crippen molar-refractivity contribution in [2.75, 3.05) is 0 Å². The number of fused-ring (bicyclic) bond motifs is 1. The van der Waals surface area contributed by atoms with Gasteiger partial charge in [0, 0.05) is 12.1 Å². The monoisotopic (exact) mass is 162 g/mol. The van der Waals surface area contributed by atoms with Crippen LogP contribution in [0, 0.1) is 5.92 Å². The number of hydrogen-bond donors (Lipinski definition) is 0. The Morgan fingerprint density at radius 3 is 3.08 bits per heavy atom. The smallest absolute Gasteiger partial charge is 0.0693 e. The van der Waals surface area contributed by atoms with Crippen molar-refractivity contribution in [2.45, 2.75) is 32.6 Å². The Kier molecular flexibility index (Phi) is 1.83. The van der Waals surface area contributed by atoms with Crippen LogP contribution in [-0.4, -0.2) is 10.2 Å². The summed E-state index contributed by atoms with van der Waals surface area (Å²) >= 11 is 0. The van der Waals surface area contributed by atoms with Crippen LogP contribution in [0.2, 0.25) is 0 Å². The molecule has 0 amide bonds. The molecule has 0 saturated carbocycles. The van der Waals surface area contributed by atoms with Crippen molar-refractivity contribution in [2.24, 2.45) is 5.92 Å². The van der Waals surface area contributed by atoms with Gasteiger partial charge in [-0.2, -0.15) is 10.2 Å². The van der Waals surface area contributed by atoms with Crippen LogP contribution in [0.5, 0.6) is 0 Å². The molecule has 0 bridgehead atoms. The topological polar surface area (TPSA) is 25.8 Å². The largest absolute Gasteiger partial charge is 0.159 e. The number of aromatic nitrogens is 2. The molecular weight excluding hydrogens is 148 g/mol. The summed E-state index contributed by atoms with van der Waals surface area (Å²) in [5.74, 6) is 1.34. The van der Waals surface area contributed by atoms with E-state index >= 15 is 0 Å². The van der Waals surface area contributed by atoms with Crippen molar-refractivity contribution < 1.29 is 0 Å². The zero-order chi connectivity index (χ0) is 8.55. The Bertz CT molecular complexity index is 283. The van der Waals surface area contributed by atoms with E-state index < -0.39 is 0 Å².